The van der Waals surface area contributed by atoms with E-state index in [1.807, 2.05) is 24.0 Å². The highest BCUT2D eigenvalue weighted by molar-refractivity contribution is 5.94. The molecule has 1 fully saturated rings. The number of amides is 2. The third kappa shape index (κ3) is 4.18. The normalized spacial score (nSPS) is 20.2. The van der Waals surface area contributed by atoms with Gasteiger partial charge in [-0.1, -0.05) is 12.8 Å². The van der Waals surface area contributed by atoms with E-state index in [0.717, 1.165) is 37.0 Å². The molecule has 6 nitrogen and oxygen atoms in total. The van der Waals surface area contributed by atoms with E-state index in [-0.39, 0.29) is 23.8 Å². The molecule has 0 spiro atoms. The molecule has 1 aromatic carbocycles. The van der Waals surface area contributed by atoms with Gasteiger partial charge in [0.25, 0.3) is 5.91 Å². The standard InChI is InChI=1S/C20H28N2O4/c1-14-13-26-18-8-7-16(19(23)21-9-10-25-2)11-17(18)12-22(14)20(24)15-5-3-4-6-15/h7-8,11,14-15H,3-6,9-10,12-13H2,1-2H3,(H,21,23)/t14-/m0/s1. The smallest absolute Gasteiger partial charge is 0.251 e. The van der Waals surface area contributed by atoms with Gasteiger partial charge < -0.3 is 19.7 Å². The molecule has 1 aliphatic carbocycles. The first-order valence-corrected chi connectivity index (χ1v) is 9.43. The Balaban J connectivity index is 1.76. The van der Waals surface area contributed by atoms with Gasteiger partial charge >= 0.3 is 0 Å². The van der Waals surface area contributed by atoms with Crippen LogP contribution in [0.1, 0.15) is 48.5 Å². The molecule has 6 heteroatoms. The summed E-state index contributed by atoms with van der Waals surface area (Å²) < 4.78 is 10.8. The van der Waals surface area contributed by atoms with Crippen LogP contribution in [0.25, 0.3) is 0 Å². The van der Waals surface area contributed by atoms with E-state index >= 15 is 0 Å². The van der Waals surface area contributed by atoms with Gasteiger partial charge in [-0.2, -0.15) is 0 Å². The zero-order valence-electron chi connectivity index (χ0n) is 15.6. The minimum absolute atomic E-state index is 0.0227. The van der Waals surface area contributed by atoms with Gasteiger partial charge in [-0.05, 0) is 38.0 Å². The summed E-state index contributed by atoms with van der Waals surface area (Å²) in [4.78, 5) is 27.2. The van der Waals surface area contributed by atoms with Crippen molar-refractivity contribution in [3.05, 3.63) is 29.3 Å². The quantitative estimate of drug-likeness (QED) is 0.819. The zero-order valence-corrected chi connectivity index (χ0v) is 15.6. The molecular weight excluding hydrogens is 332 g/mol. The highest BCUT2D eigenvalue weighted by Gasteiger charge is 2.32. The lowest BCUT2D eigenvalue weighted by Gasteiger charge is -2.29. The Hall–Kier alpha value is -2.08. The first kappa shape index (κ1) is 18.7. The Morgan fingerprint density at radius 3 is 2.81 bits per heavy atom. The van der Waals surface area contributed by atoms with Crippen LogP contribution in [0.15, 0.2) is 18.2 Å². The van der Waals surface area contributed by atoms with Gasteiger partial charge in [-0.25, -0.2) is 0 Å². The van der Waals surface area contributed by atoms with Gasteiger partial charge in [-0.3, -0.25) is 9.59 Å². The second-order valence-electron chi connectivity index (χ2n) is 7.18. The summed E-state index contributed by atoms with van der Waals surface area (Å²) in [6.45, 7) is 3.93. The van der Waals surface area contributed by atoms with E-state index in [4.69, 9.17) is 9.47 Å². The second-order valence-corrected chi connectivity index (χ2v) is 7.18. The molecular formula is C20H28N2O4. The summed E-state index contributed by atoms with van der Waals surface area (Å²) in [5.41, 5.74) is 1.46. The van der Waals surface area contributed by atoms with E-state index in [0.29, 0.717) is 31.9 Å². The Labute approximate surface area is 154 Å². The van der Waals surface area contributed by atoms with Crippen molar-refractivity contribution in [2.24, 2.45) is 5.92 Å². The minimum atomic E-state index is -0.143. The second kappa shape index (κ2) is 8.54. The summed E-state index contributed by atoms with van der Waals surface area (Å²) in [6, 6.07) is 5.45. The minimum Gasteiger partial charge on any atom is -0.491 e. The topological polar surface area (TPSA) is 67.9 Å². The molecule has 0 bridgehead atoms. The third-order valence-corrected chi connectivity index (χ3v) is 5.25. The number of carbonyl (C=O) groups is 2. The molecule has 3 rings (SSSR count). The number of benzene rings is 1. The van der Waals surface area contributed by atoms with Gasteiger partial charge in [0, 0.05) is 37.2 Å². The fraction of sp³-hybridized carbons (Fsp3) is 0.600. The van der Waals surface area contributed by atoms with Crippen molar-refractivity contribution in [3.63, 3.8) is 0 Å². The average Bonchev–Trinajstić information content (AvgIpc) is 3.13. The molecule has 2 amide bonds. The van der Waals surface area contributed by atoms with Crippen molar-refractivity contribution in [3.8, 4) is 5.75 Å². The Morgan fingerprint density at radius 2 is 2.08 bits per heavy atom. The van der Waals surface area contributed by atoms with Crippen molar-refractivity contribution in [1.82, 2.24) is 10.2 Å². The summed E-state index contributed by atoms with van der Waals surface area (Å²) in [5.74, 6) is 0.976. The summed E-state index contributed by atoms with van der Waals surface area (Å²) in [6.07, 6.45) is 4.24. The fourth-order valence-electron chi connectivity index (χ4n) is 3.70. The molecule has 1 saturated carbocycles. The van der Waals surface area contributed by atoms with Crippen molar-refractivity contribution >= 4 is 11.8 Å². The molecule has 2 aliphatic rings. The number of methoxy groups -OCH3 is 1. The number of ether oxygens (including phenoxy) is 2. The third-order valence-electron chi connectivity index (χ3n) is 5.25. The highest BCUT2D eigenvalue weighted by Crippen LogP contribution is 2.31. The van der Waals surface area contributed by atoms with Crippen LogP contribution in [0.3, 0.4) is 0 Å². The number of fused-ring (bicyclic) bond motifs is 1. The van der Waals surface area contributed by atoms with E-state index in [9.17, 15) is 9.59 Å². The number of nitrogens with one attached hydrogen (secondary N) is 1. The van der Waals surface area contributed by atoms with Gasteiger partial charge in [0.1, 0.15) is 12.4 Å². The van der Waals surface area contributed by atoms with Crippen LogP contribution in [0, 0.1) is 5.92 Å². The van der Waals surface area contributed by atoms with Crippen LogP contribution in [0.2, 0.25) is 0 Å². The lowest BCUT2D eigenvalue weighted by atomic mass is 10.0. The molecule has 0 aromatic heterocycles. The Bertz CT molecular complexity index is 655. The molecule has 1 atom stereocenters. The predicted molar refractivity (Wildman–Crippen MR) is 98.1 cm³/mol. The molecule has 1 heterocycles. The van der Waals surface area contributed by atoms with Crippen molar-refractivity contribution in [1.29, 1.82) is 0 Å². The fourth-order valence-corrected chi connectivity index (χ4v) is 3.70. The Kier molecular flexibility index (Phi) is 6.14. The SMILES string of the molecule is COCCNC(=O)c1ccc2c(c1)CN(C(=O)C1CCCC1)[C@@H](C)CO2. The number of hydrogen-bond acceptors (Lipinski definition) is 4. The van der Waals surface area contributed by atoms with Gasteiger partial charge in [0.2, 0.25) is 5.91 Å². The van der Waals surface area contributed by atoms with Crippen LogP contribution in [-0.2, 0) is 16.1 Å². The van der Waals surface area contributed by atoms with Crippen molar-refractivity contribution in [2.45, 2.75) is 45.2 Å². The lowest BCUT2D eigenvalue weighted by molar-refractivity contribution is -0.138. The highest BCUT2D eigenvalue weighted by atomic mass is 16.5. The number of rotatable bonds is 5. The summed E-state index contributed by atoms with van der Waals surface area (Å²) in [7, 11) is 1.60. The summed E-state index contributed by atoms with van der Waals surface area (Å²) in [5, 5.41) is 2.82. The maximum atomic E-state index is 12.9. The molecule has 0 radical (unpaired) electrons. The van der Waals surface area contributed by atoms with Crippen LogP contribution in [-0.4, -0.2) is 49.6 Å². The number of hydrogen-bond donors (Lipinski definition) is 1. The number of carbonyl (C=O) groups excluding carboxylic acids is 2. The first-order valence-electron chi connectivity index (χ1n) is 9.43. The van der Waals surface area contributed by atoms with E-state index in [1.54, 1.807) is 13.2 Å². The van der Waals surface area contributed by atoms with Gasteiger partial charge in [0.15, 0.2) is 0 Å². The Morgan fingerprint density at radius 1 is 1.31 bits per heavy atom. The lowest BCUT2D eigenvalue weighted by Crippen LogP contribution is -2.42. The molecule has 1 N–H and O–H groups in total. The monoisotopic (exact) mass is 360 g/mol. The van der Waals surface area contributed by atoms with Gasteiger partial charge in [0.05, 0.1) is 12.6 Å². The predicted octanol–water partition coefficient (Wildman–Crippen LogP) is 2.36. The zero-order chi connectivity index (χ0) is 18.5. The molecule has 1 aromatic rings. The molecule has 0 unspecified atom stereocenters. The van der Waals surface area contributed by atoms with Crippen LogP contribution >= 0.6 is 0 Å². The number of nitrogens with zero attached hydrogens (tertiary/aromatic N) is 1. The van der Waals surface area contributed by atoms with E-state index in [1.165, 1.54) is 0 Å². The van der Waals surface area contributed by atoms with Crippen LogP contribution in [0.4, 0.5) is 0 Å². The average molecular weight is 360 g/mol. The molecule has 1 aliphatic heterocycles. The molecule has 142 valence electrons. The maximum absolute atomic E-state index is 12.9. The van der Waals surface area contributed by atoms with E-state index in [2.05, 4.69) is 5.32 Å². The van der Waals surface area contributed by atoms with Crippen molar-refractivity contribution < 1.29 is 19.1 Å². The maximum Gasteiger partial charge on any atom is 0.251 e. The van der Waals surface area contributed by atoms with Crippen LogP contribution < -0.4 is 10.1 Å². The van der Waals surface area contributed by atoms with Gasteiger partial charge in [-0.15, -0.1) is 0 Å². The summed E-state index contributed by atoms with van der Waals surface area (Å²) >= 11 is 0. The largest absolute Gasteiger partial charge is 0.491 e. The molecule has 0 saturated heterocycles. The molecule has 26 heavy (non-hydrogen) atoms. The van der Waals surface area contributed by atoms with Crippen LogP contribution in [0.5, 0.6) is 5.75 Å². The first-order chi connectivity index (χ1) is 12.6. The van der Waals surface area contributed by atoms with Crippen molar-refractivity contribution in [2.75, 3.05) is 26.9 Å². The van der Waals surface area contributed by atoms with E-state index < -0.39 is 0 Å².